The van der Waals surface area contributed by atoms with Crippen molar-refractivity contribution in [2.45, 2.75) is 0 Å². The van der Waals surface area contributed by atoms with Crippen molar-refractivity contribution in [1.82, 2.24) is 30.0 Å². The zero-order chi connectivity index (χ0) is 28.2. The number of benzene rings is 4. The SMILES string of the molecule is Brc1cc(Br)c(-n2cc(-c3ccccc3)nn2)c(Br)c1.Brc1cc(Br)c(-n2cc(-c3ccccc3)nn2)c(Br)c1. The molecule has 0 aliphatic rings. The van der Waals surface area contributed by atoms with Crippen molar-refractivity contribution in [3.05, 3.63) is 124 Å². The van der Waals surface area contributed by atoms with Gasteiger partial charge in [-0.15, -0.1) is 10.2 Å². The first-order valence-corrected chi connectivity index (χ1v) is 16.3. The van der Waals surface area contributed by atoms with Crippen LogP contribution in [0.1, 0.15) is 0 Å². The summed E-state index contributed by atoms with van der Waals surface area (Å²) in [6.45, 7) is 0. The third-order valence-electron chi connectivity index (χ3n) is 5.55. The molecule has 0 atom stereocenters. The second-order valence-corrected chi connectivity index (χ2v) is 13.5. The first kappa shape index (κ1) is 29.5. The van der Waals surface area contributed by atoms with Gasteiger partial charge in [0.05, 0.1) is 23.8 Å². The lowest BCUT2D eigenvalue weighted by Gasteiger charge is -2.07. The lowest BCUT2D eigenvalue weighted by Crippen LogP contribution is -1.97. The normalized spacial score (nSPS) is 10.8. The molecule has 0 saturated carbocycles. The predicted molar refractivity (Wildman–Crippen MR) is 180 cm³/mol. The Morgan fingerprint density at radius 2 is 0.775 bits per heavy atom. The van der Waals surface area contributed by atoms with E-state index in [4.69, 9.17) is 0 Å². The lowest BCUT2D eigenvalue weighted by atomic mass is 10.2. The fourth-order valence-electron chi connectivity index (χ4n) is 3.74. The molecule has 0 aliphatic carbocycles. The fourth-order valence-corrected chi connectivity index (χ4v) is 8.98. The molecule has 0 spiro atoms. The minimum atomic E-state index is 0.840. The van der Waals surface area contributed by atoms with E-state index in [-0.39, 0.29) is 0 Å². The van der Waals surface area contributed by atoms with Crippen molar-refractivity contribution in [1.29, 1.82) is 0 Å². The minimum Gasteiger partial charge on any atom is -0.218 e. The Hall–Kier alpha value is -1.96. The first-order valence-electron chi connectivity index (χ1n) is 11.6. The Balaban J connectivity index is 0.000000161. The highest BCUT2D eigenvalue weighted by atomic mass is 79.9. The summed E-state index contributed by atoms with van der Waals surface area (Å²) in [6, 6.07) is 27.9. The summed E-state index contributed by atoms with van der Waals surface area (Å²) in [6.07, 6.45) is 3.82. The van der Waals surface area contributed by atoms with E-state index in [1.807, 2.05) is 97.3 Å². The van der Waals surface area contributed by atoms with E-state index in [2.05, 4.69) is 116 Å². The van der Waals surface area contributed by atoms with Gasteiger partial charge in [-0.2, -0.15) is 0 Å². The summed E-state index contributed by atoms with van der Waals surface area (Å²) in [4.78, 5) is 0. The van der Waals surface area contributed by atoms with E-state index in [9.17, 15) is 0 Å². The molecule has 12 heteroatoms. The molecule has 0 radical (unpaired) electrons. The van der Waals surface area contributed by atoms with Gasteiger partial charge in [0, 0.05) is 38.0 Å². The standard InChI is InChI=1S/2C14H8Br3N3/c2*15-10-6-11(16)14(12(17)7-10)20-8-13(18-19-20)9-4-2-1-3-5-9/h2*1-8H. The van der Waals surface area contributed by atoms with Crippen molar-refractivity contribution >= 4 is 95.6 Å². The van der Waals surface area contributed by atoms with Crippen LogP contribution in [0.4, 0.5) is 0 Å². The zero-order valence-electron chi connectivity index (χ0n) is 20.2. The second-order valence-electron chi connectivity index (χ2n) is 8.26. The largest absolute Gasteiger partial charge is 0.218 e. The van der Waals surface area contributed by atoms with Crippen molar-refractivity contribution in [3.8, 4) is 33.9 Å². The van der Waals surface area contributed by atoms with Crippen LogP contribution < -0.4 is 0 Å². The molecule has 6 aromatic rings. The van der Waals surface area contributed by atoms with Crippen molar-refractivity contribution in [2.75, 3.05) is 0 Å². The van der Waals surface area contributed by atoms with Gasteiger partial charge >= 0.3 is 0 Å². The topological polar surface area (TPSA) is 61.4 Å². The average molecular weight is 916 g/mol. The molecule has 6 nitrogen and oxygen atoms in total. The van der Waals surface area contributed by atoms with Crippen molar-refractivity contribution in [3.63, 3.8) is 0 Å². The molecule has 0 amide bonds. The van der Waals surface area contributed by atoms with Crippen LogP contribution in [0.15, 0.2) is 124 Å². The molecule has 200 valence electrons. The molecule has 40 heavy (non-hydrogen) atoms. The Morgan fingerprint density at radius 1 is 0.450 bits per heavy atom. The van der Waals surface area contributed by atoms with Crippen LogP contribution in [0, 0.1) is 0 Å². The van der Waals surface area contributed by atoms with E-state index in [0.29, 0.717) is 0 Å². The van der Waals surface area contributed by atoms with Gasteiger partial charge in [0.25, 0.3) is 0 Å². The summed E-state index contributed by atoms with van der Waals surface area (Å²) in [5, 5.41) is 16.9. The molecule has 0 bridgehead atoms. The molecule has 2 heterocycles. The van der Waals surface area contributed by atoms with Crippen LogP contribution in [0.3, 0.4) is 0 Å². The van der Waals surface area contributed by atoms with Gasteiger partial charge in [0.15, 0.2) is 0 Å². The van der Waals surface area contributed by atoms with Crippen LogP contribution in [-0.4, -0.2) is 30.0 Å². The second kappa shape index (κ2) is 13.3. The van der Waals surface area contributed by atoms with E-state index < -0.39 is 0 Å². The highest BCUT2D eigenvalue weighted by Crippen LogP contribution is 2.34. The molecular formula is C28H16Br6N6. The number of hydrogen-bond acceptors (Lipinski definition) is 4. The number of hydrogen-bond donors (Lipinski definition) is 0. The quantitative estimate of drug-likeness (QED) is 0.177. The summed E-state index contributed by atoms with van der Waals surface area (Å²) < 4.78 is 9.22. The Bertz CT molecular complexity index is 1590. The van der Waals surface area contributed by atoms with Gasteiger partial charge in [-0.3, -0.25) is 0 Å². The smallest absolute Gasteiger partial charge is 0.113 e. The Morgan fingerprint density at radius 3 is 1.10 bits per heavy atom. The lowest BCUT2D eigenvalue weighted by molar-refractivity contribution is 0.797. The molecule has 4 aromatic carbocycles. The number of nitrogens with zero attached hydrogens (tertiary/aromatic N) is 6. The summed E-state index contributed by atoms with van der Waals surface area (Å²) >= 11 is 21.1. The molecule has 0 saturated heterocycles. The Kier molecular flexibility index (Phi) is 9.85. The van der Waals surface area contributed by atoms with Crippen LogP contribution in [0.25, 0.3) is 33.9 Å². The molecule has 0 N–H and O–H groups in total. The molecule has 0 unspecified atom stereocenters. The molecule has 6 rings (SSSR count). The molecular weight excluding hydrogens is 900 g/mol. The van der Waals surface area contributed by atoms with Gasteiger partial charge in [-0.1, -0.05) is 103 Å². The van der Waals surface area contributed by atoms with Crippen LogP contribution in [0.5, 0.6) is 0 Å². The maximum Gasteiger partial charge on any atom is 0.113 e. The van der Waals surface area contributed by atoms with E-state index in [0.717, 1.165) is 60.7 Å². The van der Waals surface area contributed by atoms with Crippen LogP contribution >= 0.6 is 95.6 Å². The van der Waals surface area contributed by atoms with E-state index >= 15 is 0 Å². The van der Waals surface area contributed by atoms with Gasteiger partial charge in [-0.25, -0.2) is 9.36 Å². The highest BCUT2D eigenvalue weighted by molar-refractivity contribution is 9.12. The van der Waals surface area contributed by atoms with Crippen molar-refractivity contribution in [2.24, 2.45) is 0 Å². The number of aromatic nitrogens is 6. The minimum absolute atomic E-state index is 0.840. The fraction of sp³-hybridized carbons (Fsp3) is 0. The van der Waals surface area contributed by atoms with Gasteiger partial charge in [0.2, 0.25) is 0 Å². The first-order chi connectivity index (χ1) is 19.3. The maximum atomic E-state index is 4.23. The average Bonchev–Trinajstić information content (AvgIpc) is 3.60. The van der Waals surface area contributed by atoms with Gasteiger partial charge in [0.1, 0.15) is 11.4 Å². The monoisotopic (exact) mass is 910 g/mol. The number of halogens is 6. The predicted octanol–water partition coefficient (Wildman–Crippen LogP) is 10.4. The van der Waals surface area contributed by atoms with E-state index in [1.165, 1.54) is 0 Å². The Labute approximate surface area is 281 Å². The molecule has 0 fully saturated rings. The maximum absolute atomic E-state index is 4.23. The third kappa shape index (κ3) is 6.91. The summed E-state index contributed by atoms with van der Waals surface area (Å²) in [5.74, 6) is 0. The van der Waals surface area contributed by atoms with Crippen LogP contribution in [0.2, 0.25) is 0 Å². The number of rotatable bonds is 4. The zero-order valence-corrected chi connectivity index (χ0v) is 29.7. The van der Waals surface area contributed by atoms with E-state index in [1.54, 1.807) is 9.36 Å². The van der Waals surface area contributed by atoms with Crippen LogP contribution in [-0.2, 0) is 0 Å². The molecule has 0 aliphatic heterocycles. The van der Waals surface area contributed by atoms with Crippen molar-refractivity contribution < 1.29 is 0 Å². The highest BCUT2D eigenvalue weighted by Gasteiger charge is 2.13. The van der Waals surface area contributed by atoms with Gasteiger partial charge < -0.3 is 0 Å². The molecule has 2 aromatic heterocycles. The third-order valence-corrected chi connectivity index (χ3v) is 8.88. The summed E-state index contributed by atoms with van der Waals surface area (Å²) in [7, 11) is 0. The van der Waals surface area contributed by atoms with Gasteiger partial charge in [-0.05, 0) is 88.0 Å². The summed E-state index contributed by atoms with van der Waals surface area (Å²) in [5.41, 5.74) is 5.61.